The van der Waals surface area contributed by atoms with Crippen LogP contribution < -0.4 is 10.1 Å². The zero-order chi connectivity index (χ0) is 22.8. The number of halogens is 1. The van der Waals surface area contributed by atoms with Crippen molar-refractivity contribution in [3.05, 3.63) is 81.6 Å². The average Bonchev–Trinajstić information content (AvgIpc) is 3.10. The van der Waals surface area contributed by atoms with Crippen LogP contribution in [0.5, 0.6) is 5.75 Å². The molecule has 1 N–H and O–H groups in total. The summed E-state index contributed by atoms with van der Waals surface area (Å²) in [6.07, 6.45) is 0. The number of pyridine rings is 1. The SMILES string of the molecule is CCOc1ccccc1CNC(=O)c1cc(C)nc2c1c(C)nn2-c1cccc(Cl)c1C. The monoisotopic (exact) mass is 448 g/mol. The van der Waals surface area contributed by atoms with Crippen molar-refractivity contribution in [1.29, 1.82) is 0 Å². The highest BCUT2D eigenvalue weighted by Gasteiger charge is 2.20. The van der Waals surface area contributed by atoms with Gasteiger partial charge in [-0.3, -0.25) is 4.79 Å². The van der Waals surface area contributed by atoms with Gasteiger partial charge in [0.1, 0.15) is 5.75 Å². The van der Waals surface area contributed by atoms with E-state index in [1.165, 1.54) is 0 Å². The van der Waals surface area contributed by atoms with E-state index in [0.29, 0.717) is 29.4 Å². The van der Waals surface area contributed by atoms with E-state index in [4.69, 9.17) is 26.4 Å². The molecule has 6 nitrogen and oxygen atoms in total. The number of hydrogen-bond donors (Lipinski definition) is 1. The quantitative estimate of drug-likeness (QED) is 0.433. The van der Waals surface area contributed by atoms with Crippen molar-refractivity contribution in [3.8, 4) is 11.4 Å². The summed E-state index contributed by atoms with van der Waals surface area (Å²) < 4.78 is 7.44. The van der Waals surface area contributed by atoms with Gasteiger partial charge in [-0.2, -0.15) is 5.10 Å². The van der Waals surface area contributed by atoms with Crippen LogP contribution in [0, 0.1) is 20.8 Å². The Balaban J connectivity index is 1.73. The molecule has 0 spiro atoms. The maximum atomic E-state index is 13.2. The molecule has 2 heterocycles. The van der Waals surface area contributed by atoms with Crippen LogP contribution in [0.3, 0.4) is 0 Å². The maximum absolute atomic E-state index is 13.2. The summed E-state index contributed by atoms with van der Waals surface area (Å²) in [5.74, 6) is 0.587. The minimum atomic E-state index is -0.183. The summed E-state index contributed by atoms with van der Waals surface area (Å²) in [5.41, 5.74) is 5.31. The van der Waals surface area contributed by atoms with Gasteiger partial charge in [0.15, 0.2) is 5.65 Å². The molecule has 2 aromatic carbocycles. The van der Waals surface area contributed by atoms with Gasteiger partial charge < -0.3 is 10.1 Å². The van der Waals surface area contributed by atoms with Gasteiger partial charge in [-0.25, -0.2) is 9.67 Å². The number of nitrogens with one attached hydrogen (secondary N) is 1. The van der Waals surface area contributed by atoms with E-state index in [0.717, 1.165) is 39.3 Å². The van der Waals surface area contributed by atoms with E-state index in [9.17, 15) is 4.79 Å². The van der Waals surface area contributed by atoms with Crippen LogP contribution in [0.1, 0.15) is 39.8 Å². The molecule has 0 fully saturated rings. The van der Waals surface area contributed by atoms with Gasteiger partial charge >= 0.3 is 0 Å². The van der Waals surface area contributed by atoms with Crippen molar-refractivity contribution < 1.29 is 9.53 Å². The van der Waals surface area contributed by atoms with E-state index in [-0.39, 0.29) is 5.91 Å². The number of hydrogen-bond acceptors (Lipinski definition) is 4. The van der Waals surface area contributed by atoms with E-state index in [1.54, 1.807) is 10.7 Å². The van der Waals surface area contributed by atoms with E-state index >= 15 is 0 Å². The number of ether oxygens (including phenoxy) is 1. The molecular formula is C25H25ClN4O2. The highest BCUT2D eigenvalue weighted by atomic mass is 35.5. The molecule has 32 heavy (non-hydrogen) atoms. The summed E-state index contributed by atoms with van der Waals surface area (Å²) >= 11 is 6.33. The fourth-order valence-corrected chi connectivity index (χ4v) is 3.97. The molecule has 0 aliphatic heterocycles. The van der Waals surface area contributed by atoms with Crippen molar-refractivity contribution in [1.82, 2.24) is 20.1 Å². The van der Waals surface area contributed by atoms with Crippen LogP contribution in [-0.2, 0) is 6.54 Å². The molecule has 0 saturated heterocycles. The van der Waals surface area contributed by atoms with Crippen LogP contribution in [0.25, 0.3) is 16.7 Å². The Kier molecular flexibility index (Phi) is 6.15. The van der Waals surface area contributed by atoms with Gasteiger partial charge in [-0.15, -0.1) is 0 Å². The Morgan fingerprint density at radius 1 is 1.12 bits per heavy atom. The van der Waals surface area contributed by atoms with Gasteiger partial charge in [0.2, 0.25) is 0 Å². The third kappa shape index (κ3) is 4.06. The second-order valence-corrected chi connectivity index (χ2v) is 8.02. The Morgan fingerprint density at radius 2 is 1.91 bits per heavy atom. The fraction of sp³-hybridized carbons (Fsp3) is 0.240. The first kappa shape index (κ1) is 21.8. The molecule has 0 bridgehead atoms. The number of carbonyl (C=O) groups is 1. The number of fused-ring (bicyclic) bond motifs is 1. The number of nitrogens with zero attached hydrogens (tertiary/aromatic N) is 3. The third-order valence-electron chi connectivity index (χ3n) is 5.36. The third-order valence-corrected chi connectivity index (χ3v) is 5.77. The lowest BCUT2D eigenvalue weighted by molar-refractivity contribution is 0.0952. The largest absolute Gasteiger partial charge is 0.494 e. The molecule has 0 aliphatic carbocycles. The first-order valence-corrected chi connectivity index (χ1v) is 10.9. The van der Waals surface area contributed by atoms with Crippen molar-refractivity contribution >= 4 is 28.5 Å². The van der Waals surface area contributed by atoms with Crippen LogP contribution in [0.4, 0.5) is 0 Å². The van der Waals surface area contributed by atoms with Gasteiger partial charge in [-0.1, -0.05) is 35.9 Å². The number of para-hydroxylation sites is 1. The van der Waals surface area contributed by atoms with E-state index < -0.39 is 0 Å². The predicted molar refractivity (Wildman–Crippen MR) is 127 cm³/mol. The summed E-state index contributed by atoms with van der Waals surface area (Å²) in [7, 11) is 0. The molecule has 0 saturated carbocycles. The normalized spacial score (nSPS) is 11.0. The van der Waals surface area contributed by atoms with Crippen LogP contribution in [0.15, 0.2) is 48.5 Å². The van der Waals surface area contributed by atoms with Crippen LogP contribution in [-0.4, -0.2) is 27.3 Å². The summed E-state index contributed by atoms with van der Waals surface area (Å²) in [6.45, 7) is 8.57. The lowest BCUT2D eigenvalue weighted by atomic mass is 10.1. The van der Waals surface area contributed by atoms with Gasteiger partial charge in [0, 0.05) is 22.8 Å². The topological polar surface area (TPSA) is 69.0 Å². The molecular weight excluding hydrogens is 424 g/mol. The molecule has 0 unspecified atom stereocenters. The number of carbonyl (C=O) groups excluding carboxylic acids is 1. The summed E-state index contributed by atoms with van der Waals surface area (Å²) in [6, 6.07) is 15.2. The van der Waals surface area contributed by atoms with Crippen molar-refractivity contribution in [2.45, 2.75) is 34.2 Å². The standard InChI is InChI=1S/C25H25ClN4O2/c1-5-32-22-12-7-6-9-18(22)14-27-25(31)19-13-15(2)28-24-23(19)17(4)29-30(24)21-11-8-10-20(26)16(21)3/h6-13H,5,14H2,1-4H3,(H,27,31). The van der Waals surface area contributed by atoms with Gasteiger partial charge in [0.25, 0.3) is 5.91 Å². The molecule has 4 rings (SSSR count). The minimum absolute atomic E-state index is 0.183. The lowest BCUT2D eigenvalue weighted by Gasteiger charge is -2.12. The van der Waals surface area contributed by atoms with Crippen molar-refractivity contribution in [2.75, 3.05) is 6.61 Å². The summed E-state index contributed by atoms with van der Waals surface area (Å²) in [5, 5.41) is 9.11. The average molecular weight is 449 g/mol. The zero-order valence-corrected chi connectivity index (χ0v) is 19.3. The molecule has 0 radical (unpaired) electrons. The number of benzene rings is 2. The van der Waals surface area contributed by atoms with E-state index in [2.05, 4.69) is 5.32 Å². The van der Waals surface area contributed by atoms with Gasteiger partial charge in [-0.05, 0) is 57.5 Å². The maximum Gasteiger partial charge on any atom is 0.252 e. The van der Waals surface area contributed by atoms with Crippen LogP contribution >= 0.6 is 11.6 Å². The first-order chi connectivity index (χ1) is 15.4. The molecule has 2 aromatic heterocycles. The summed E-state index contributed by atoms with van der Waals surface area (Å²) in [4.78, 5) is 17.9. The Labute approximate surface area is 192 Å². The molecule has 4 aromatic rings. The van der Waals surface area contributed by atoms with Crippen molar-refractivity contribution in [2.24, 2.45) is 0 Å². The highest BCUT2D eigenvalue weighted by Crippen LogP contribution is 2.28. The molecule has 0 atom stereocenters. The number of aryl methyl sites for hydroxylation is 2. The highest BCUT2D eigenvalue weighted by molar-refractivity contribution is 6.31. The smallest absolute Gasteiger partial charge is 0.252 e. The molecule has 7 heteroatoms. The van der Waals surface area contributed by atoms with Crippen molar-refractivity contribution in [3.63, 3.8) is 0 Å². The number of aromatic nitrogens is 3. The second-order valence-electron chi connectivity index (χ2n) is 7.61. The Morgan fingerprint density at radius 3 is 2.69 bits per heavy atom. The minimum Gasteiger partial charge on any atom is -0.494 e. The zero-order valence-electron chi connectivity index (χ0n) is 18.6. The lowest BCUT2D eigenvalue weighted by Crippen LogP contribution is -2.23. The Hall–Kier alpha value is -3.38. The fourth-order valence-electron chi connectivity index (χ4n) is 3.80. The second kappa shape index (κ2) is 9.01. The molecule has 164 valence electrons. The predicted octanol–water partition coefficient (Wildman–Crippen LogP) is 5.33. The van der Waals surface area contributed by atoms with Gasteiger partial charge in [0.05, 0.1) is 28.9 Å². The number of rotatable bonds is 6. The van der Waals surface area contributed by atoms with E-state index in [1.807, 2.05) is 70.2 Å². The Bertz CT molecular complexity index is 1310. The first-order valence-electron chi connectivity index (χ1n) is 10.5. The molecule has 0 aliphatic rings. The number of amides is 1. The molecule has 1 amide bonds. The van der Waals surface area contributed by atoms with Crippen LogP contribution in [0.2, 0.25) is 5.02 Å².